The highest BCUT2D eigenvalue weighted by atomic mass is 14.8. The van der Waals surface area contributed by atoms with Crippen molar-refractivity contribution in [1.82, 2.24) is 0 Å². The summed E-state index contributed by atoms with van der Waals surface area (Å²) in [6.07, 6.45) is 1.60. The summed E-state index contributed by atoms with van der Waals surface area (Å²) in [5, 5.41) is 0. The minimum atomic E-state index is 0.640. The van der Waals surface area contributed by atoms with Crippen molar-refractivity contribution in [1.29, 1.82) is 0 Å². The molecule has 0 heterocycles. The summed E-state index contributed by atoms with van der Waals surface area (Å²) in [4.78, 5) is 4.15. The predicted octanol–water partition coefficient (Wildman–Crippen LogP) is 1.84. The smallest absolute Gasteiger partial charge is 0.0600 e. The summed E-state index contributed by atoms with van der Waals surface area (Å²) < 4.78 is 0. The SMILES string of the molecule is C=C/C(N)=C(/C)N=C(C)C. The highest BCUT2D eigenvalue weighted by Crippen LogP contribution is 2.00. The monoisotopic (exact) mass is 138 g/mol. The minimum Gasteiger partial charge on any atom is -0.397 e. The highest BCUT2D eigenvalue weighted by Gasteiger charge is 1.88. The number of nitrogens with two attached hydrogens (primary N) is 1. The van der Waals surface area contributed by atoms with Crippen LogP contribution in [0.3, 0.4) is 0 Å². The van der Waals surface area contributed by atoms with Gasteiger partial charge in [-0.2, -0.15) is 0 Å². The van der Waals surface area contributed by atoms with Crippen molar-refractivity contribution in [2.75, 3.05) is 0 Å². The molecule has 0 unspecified atom stereocenters. The van der Waals surface area contributed by atoms with Crippen molar-refractivity contribution in [2.45, 2.75) is 20.8 Å². The highest BCUT2D eigenvalue weighted by molar-refractivity contribution is 5.80. The van der Waals surface area contributed by atoms with E-state index in [9.17, 15) is 0 Å². The molecule has 0 saturated carbocycles. The van der Waals surface area contributed by atoms with Crippen LogP contribution in [0, 0.1) is 0 Å². The molecule has 2 heteroatoms. The Balaban J connectivity index is 4.48. The fourth-order valence-electron chi connectivity index (χ4n) is 0.548. The van der Waals surface area contributed by atoms with E-state index >= 15 is 0 Å². The maximum Gasteiger partial charge on any atom is 0.0600 e. The lowest BCUT2D eigenvalue weighted by Gasteiger charge is -1.96. The van der Waals surface area contributed by atoms with E-state index in [4.69, 9.17) is 5.73 Å². The quantitative estimate of drug-likeness (QED) is 0.459. The van der Waals surface area contributed by atoms with Gasteiger partial charge < -0.3 is 5.73 Å². The summed E-state index contributed by atoms with van der Waals surface area (Å²) >= 11 is 0. The zero-order valence-electron chi connectivity index (χ0n) is 6.81. The topological polar surface area (TPSA) is 38.4 Å². The Hall–Kier alpha value is -1.05. The van der Waals surface area contributed by atoms with Gasteiger partial charge in [0.05, 0.1) is 11.4 Å². The van der Waals surface area contributed by atoms with Crippen LogP contribution in [0.2, 0.25) is 0 Å². The first kappa shape index (κ1) is 8.95. The van der Waals surface area contributed by atoms with Gasteiger partial charge in [-0.1, -0.05) is 6.58 Å². The zero-order valence-corrected chi connectivity index (χ0v) is 6.81. The number of allylic oxidation sites excluding steroid dienone is 2. The average Bonchev–Trinajstić information content (AvgIpc) is 1.85. The van der Waals surface area contributed by atoms with E-state index in [1.807, 2.05) is 20.8 Å². The lowest BCUT2D eigenvalue weighted by atomic mass is 10.3. The summed E-state index contributed by atoms with van der Waals surface area (Å²) in [5.74, 6) is 0. The molecule has 0 aromatic heterocycles. The van der Waals surface area contributed by atoms with Crippen LogP contribution < -0.4 is 5.73 Å². The first-order valence-corrected chi connectivity index (χ1v) is 3.18. The van der Waals surface area contributed by atoms with Gasteiger partial charge in [0.25, 0.3) is 0 Å². The van der Waals surface area contributed by atoms with Gasteiger partial charge in [0, 0.05) is 5.71 Å². The maximum atomic E-state index is 5.52. The molecule has 0 bridgehead atoms. The van der Waals surface area contributed by atoms with Crippen LogP contribution in [0.5, 0.6) is 0 Å². The molecule has 0 amide bonds. The number of aliphatic imine (C=N–C) groups is 1. The normalized spacial score (nSPS) is 11.9. The summed E-state index contributed by atoms with van der Waals surface area (Å²) in [6.45, 7) is 9.26. The fourth-order valence-corrected chi connectivity index (χ4v) is 0.548. The Morgan fingerprint density at radius 2 is 1.90 bits per heavy atom. The van der Waals surface area contributed by atoms with Crippen LogP contribution in [0.25, 0.3) is 0 Å². The summed E-state index contributed by atoms with van der Waals surface area (Å²) in [7, 11) is 0. The van der Waals surface area contributed by atoms with E-state index in [-0.39, 0.29) is 0 Å². The number of rotatable bonds is 2. The molecule has 2 nitrogen and oxygen atoms in total. The van der Waals surface area contributed by atoms with E-state index in [2.05, 4.69) is 11.6 Å². The molecule has 0 spiro atoms. The average molecular weight is 138 g/mol. The van der Waals surface area contributed by atoms with Crippen molar-refractivity contribution in [2.24, 2.45) is 10.7 Å². The van der Waals surface area contributed by atoms with E-state index in [1.54, 1.807) is 6.08 Å². The van der Waals surface area contributed by atoms with Gasteiger partial charge in [-0.3, -0.25) is 4.99 Å². The number of nitrogens with zero attached hydrogens (tertiary/aromatic N) is 1. The molecule has 0 aliphatic heterocycles. The zero-order chi connectivity index (χ0) is 8.15. The standard InChI is InChI=1S/C8H14N2/c1-5-8(9)7(4)10-6(2)3/h5H,1,9H2,2-4H3/b8-7+. The molecule has 0 aromatic rings. The van der Waals surface area contributed by atoms with E-state index < -0.39 is 0 Å². The molecule has 0 rings (SSSR count). The van der Waals surface area contributed by atoms with Crippen LogP contribution in [0.1, 0.15) is 20.8 Å². The number of hydrogen-bond acceptors (Lipinski definition) is 2. The van der Waals surface area contributed by atoms with Crippen molar-refractivity contribution < 1.29 is 0 Å². The van der Waals surface area contributed by atoms with Crippen molar-refractivity contribution in [3.63, 3.8) is 0 Å². The van der Waals surface area contributed by atoms with E-state index in [0.29, 0.717) is 5.70 Å². The van der Waals surface area contributed by atoms with Gasteiger partial charge in [0.1, 0.15) is 0 Å². The van der Waals surface area contributed by atoms with Crippen LogP contribution >= 0.6 is 0 Å². The Morgan fingerprint density at radius 1 is 1.40 bits per heavy atom. The third-order valence-electron chi connectivity index (χ3n) is 1.03. The lowest BCUT2D eigenvalue weighted by molar-refractivity contribution is 1.20. The van der Waals surface area contributed by atoms with Gasteiger partial charge in [0.15, 0.2) is 0 Å². The van der Waals surface area contributed by atoms with Gasteiger partial charge >= 0.3 is 0 Å². The molecular formula is C8H14N2. The Morgan fingerprint density at radius 3 is 2.20 bits per heavy atom. The molecule has 0 aliphatic rings. The first-order valence-electron chi connectivity index (χ1n) is 3.18. The van der Waals surface area contributed by atoms with Crippen molar-refractivity contribution in [3.05, 3.63) is 24.0 Å². The second-order valence-corrected chi connectivity index (χ2v) is 2.30. The molecule has 0 atom stereocenters. The Bertz CT molecular complexity index is 183. The molecule has 0 saturated heterocycles. The van der Waals surface area contributed by atoms with Crippen LogP contribution in [-0.2, 0) is 0 Å². The third kappa shape index (κ3) is 3.07. The second-order valence-electron chi connectivity index (χ2n) is 2.30. The molecule has 2 N–H and O–H groups in total. The van der Waals surface area contributed by atoms with Crippen LogP contribution in [0.4, 0.5) is 0 Å². The Kier molecular flexibility index (Phi) is 3.47. The minimum absolute atomic E-state index is 0.640. The second kappa shape index (κ2) is 3.88. The predicted molar refractivity (Wildman–Crippen MR) is 45.9 cm³/mol. The van der Waals surface area contributed by atoms with Crippen LogP contribution in [0.15, 0.2) is 29.0 Å². The molecule has 0 radical (unpaired) electrons. The summed E-state index contributed by atoms with van der Waals surface area (Å²) in [5.41, 5.74) is 7.99. The molecular weight excluding hydrogens is 124 g/mol. The lowest BCUT2D eigenvalue weighted by Crippen LogP contribution is -1.96. The fraction of sp³-hybridized carbons (Fsp3) is 0.375. The van der Waals surface area contributed by atoms with Gasteiger partial charge in [-0.25, -0.2) is 0 Å². The van der Waals surface area contributed by atoms with Gasteiger partial charge in [-0.05, 0) is 26.8 Å². The summed E-state index contributed by atoms with van der Waals surface area (Å²) in [6, 6.07) is 0. The molecule has 56 valence electrons. The van der Waals surface area contributed by atoms with Crippen molar-refractivity contribution >= 4 is 5.71 Å². The van der Waals surface area contributed by atoms with Gasteiger partial charge in [0.2, 0.25) is 0 Å². The molecule has 10 heavy (non-hydrogen) atoms. The van der Waals surface area contributed by atoms with E-state index in [1.165, 1.54) is 0 Å². The van der Waals surface area contributed by atoms with Crippen LogP contribution in [-0.4, -0.2) is 5.71 Å². The molecule has 0 aromatic carbocycles. The maximum absolute atomic E-state index is 5.52. The Labute approximate surface area is 62.1 Å². The van der Waals surface area contributed by atoms with E-state index in [0.717, 1.165) is 11.4 Å². The number of hydrogen-bond donors (Lipinski definition) is 1. The van der Waals surface area contributed by atoms with Gasteiger partial charge in [-0.15, -0.1) is 0 Å². The first-order chi connectivity index (χ1) is 4.57. The largest absolute Gasteiger partial charge is 0.397 e. The third-order valence-corrected chi connectivity index (χ3v) is 1.03. The van der Waals surface area contributed by atoms with Crippen molar-refractivity contribution in [3.8, 4) is 0 Å². The molecule has 0 fully saturated rings. The molecule has 0 aliphatic carbocycles.